The van der Waals surface area contributed by atoms with E-state index in [4.69, 9.17) is 0 Å². The van der Waals surface area contributed by atoms with E-state index in [2.05, 4.69) is 27.9 Å². The summed E-state index contributed by atoms with van der Waals surface area (Å²) in [4.78, 5) is 4.46. The second-order valence-corrected chi connectivity index (χ2v) is 5.34. The van der Waals surface area contributed by atoms with Crippen LogP contribution in [0.4, 0.5) is 0 Å². The van der Waals surface area contributed by atoms with Crippen molar-refractivity contribution in [2.45, 2.75) is 38.5 Å². The molecule has 0 radical (unpaired) electrons. The first-order valence-corrected chi connectivity index (χ1v) is 6.60. The molecular weight excluding hydrogens is 222 g/mol. The number of hydrogen-bond acceptors (Lipinski definition) is 5. The first-order chi connectivity index (χ1) is 7.65. The molecule has 0 spiro atoms. The maximum atomic E-state index is 9.38. The van der Waals surface area contributed by atoms with Crippen molar-refractivity contribution in [3.63, 3.8) is 0 Å². The summed E-state index contributed by atoms with van der Waals surface area (Å²) in [6.07, 6.45) is 0.667. The average Bonchev–Trinajstić information content (AvgIpc) is 2.84. The van der Waals surface area contributed by atoms with E-state index in [0.717, 1.165) is 30.2 Å². The van der Waals surface area contributed by atoms with Gasteiger partial charge in [0.15, 0.2) is 0 Å². The van der Waals surface area contributed by atoms with Gasteiger partial charge >= 0.3 is 0 Å². The number of thiazole rings is 1. The summed E-state index contributed by atoms with van der Waals surface area (Å²) in [7, 11) is 0. The lowest BCUT2D eigenvalue weighted by molar-refractivity contribution is 0.193. The Morgan fingerprint density at radius 2 is 2.56 bits per heavy atom. The molecule has 0 amide bonds. The van der Waals surface area contributed by atoms with Crippen molar-refractivity contribution in [1.29, 1.82) is 0 Å². The minimum absolute atomic E-state index is 0.177. The quantitative estimate of drug-likeness (QED) is 0.730. The topological polar surface area (TPSA) is 57.2 Å². The molecule has 1 aliphatic rings. The molecule has 2 heterocycles. The molecule has 1 saturated heterocycles. The van der Waals surface area contributed by atoms with E-state index >= 15 is 0 Å². The molecule has 4 nitrogen and oxygen atoms in total. The Morgan fingerprint density at radius 1 is 1.75 bits per heavy atom. The Labute approximate surface area is 100 Å². The lowest BCUT2D eigenvalue weighted by Crippen LogP contribution is -2.35. The minimum Gasteiger partial charge on any atom is -0.392 e. The van der Waals surface area contributed by atoms with Gasteiger partial charge < -0.3 is 15.7 Å². The SMILES string of the molecule is Cc1csc(C(C)NCC2CC(O)CN2)n1. The zero-order chi connectivity index (χ0) is 11.5. The van der Waals surface area contributed by atoms with Crippen LogP contribution in [0, 0.1) is 6.92 Å². The highest BCUT2D eigenvalue weighted by atomic mass is 32.1. The van der Waals surface area contributed by atoms with Crippen LogP contribution in [0.3, 0.4) is 0 Å². The van der Waals surface area contributed by atoms with Crippen LogP contribution in [-0.4, -0.2) is 35.3 Å². The fourth-order valence-electron chi connectivity index (χ4n) is 1.93. The molecule has 3 unspecified atom stereocenters. The van der Waals surface area contributed by atoms with Gasteiger partial charge in [0.05, 0.1) is 12.1 Å². The molecule has 2 rings (SSSR count). The number of aromatic nitrogens is 1. The molecule has 3 atom stereocenters. The van der Waals surface area contributed by atoms with Crippen molar-refractivity contribution in [1.82, 2.24) is 15.6 Å². The first kappa shape index (κ1) is 12.0. The van der Waals surface area contributed by atoms with E-state index in [9.17, 15) is 5.11 Å². The highest BCUT2D eigenvalue weighted by Crippen LogP contribution is 2.17. The molecule has 0 aromatic carbocycles. The Balaban J connectivity index is 1.77. The Bertz CT molecular complexity index is 342. The monoisotopic (exact) mass is 241 g/mol. The number of aliphatic hydroxyl groups excluding tert-OH is 1. The van der Waals surface area contributed by atoms with Gasteiger partial charge in [0, 0.05) is 30.2 Å². The van der Waals surface area contributed by atoms with Crippen molar-refractivity contribution in [2.24, 2.45) is 0 Å². The summed E-state index contributed by atoms with van der Waals surface area (Å²) in [6, 6.07) is 0.678. The Morgan fingerprint density at radius 3 is 3.12 bits per heavy atom. The number of rotatable bonds is 4. The van der Waals surface area contributed by atoms with Gasteiger partial charge in [-0.15, -0.1) is 11.3 Å². The number of nitrogens with zero attached hydrogens (tertiary/aromatic N) is 1. The molecule has 5 heteroatoms. The summed E-state index contributed by atoms with van der Waals surface area (Å²) < 4.78 is 0. The van der Waals surface area contributed by atoms with Gasteiger partial charge in [-0.25, -0.2) is 4.98 Å². The van der Waals surface area contributed by atoms with Crippen molar-refractivity contribution in [2.75, 3.05) is 13.1 Å². The standard InChI is InChI=1S/C11H19N3OS/c1-7-6-16-11(14-7)8(2)12-4-9-3-10(15)5-13-9/h6,8-10,12-13,15H,3-5H2,1-2H3. The van der Waals surface area contributed by atoms with Crippen molar-refractivity contribution in [3.05, 3.63) is 16.1 Å². The van der Waals surface area contributed by atoms with Crippen LogP contribution in [0.25, 0.3) is 0 Å². The highest BCUT2D eigenvalue weighted by molar-refractivity contribution is 7.09. The molecule has 1 aromatic rings. The maximum absolute atomic E-state index is 9.38. The van der Waals surface area contributed by atoms with Gasteiger partial charge in [0.1, 0.15) is 5.01 Å². The third-order valence-electron chi connectivity index (χ3n) is 2.88. The molecule has 1 aliphatic heterocycles. The van der Waals surface area contributed by atoms with Gasteiger partial charge in [-0.3, -0.25) is 0 Å². The number of aryl methyl sites for hydroxylation is 1. The summed E-state index contributed by atoms with van der Waals surface area (Å²) in [5.41, 5.74) is 1.09. The van der Waals surface area contributed by atoms with E-state index in [1.165, 1.54) is 0 Å². The largest absolute Gasteiger partial charge is 0.392 e. The van der Waals surface area contributed by atoms with Crippen molar-refractivity contribution < 1.29 is 5.11 Å². The molecule has 90 valence electrons. The van der Waals surface area contributed by atoms with Crippen LogP contribution in [0.2, 0.25) is 0 Å². The van der Waals surface area contributed by atoms with E-state index < -0.39 is 0 Å². The van der Waals surface area contributed by atoms with Gasteiger partial charge in [0.2, 0.25) is 0 Å². The van der Waals surface area contributed by atoms with Crippen LogP contribution in [0.1, 0.15) is 30.1 Å². The third-order valence-corrected chi connectivity index (χ3v) is 4.02. The molecule has 16 heavy (non-hydrogen) atoms. The van der Waals surface area contributed by atoms with Gasteiger partial charge in [-0.1, -0.05) is 0 Å². The van der Waals surface area contributed by atoms with Gasteiger partial charge in [-0.05, 0) is 20.3 Å². The Kier molecular flexibility index (Phi) is 3.91. The van der Waals surface area contributed by atoms with Gasteiger partial charge in [-0.2, -0.15) is 0 Å². The zero-order valence-corrected chi connectivity index (χ0v) is 10.5. The van der Waals surface area contributed by atoms with Crippen LogP contribution in [-0.2, 0) is 0 Å². The molecule has 0 saturated carbocycles. The molecule has 1 fully saturated rings. The predicted molar refractivity (Wildman–Crippen MR) is 65.7 cm³/mol. The fourth-order valence-corrected chi connectivity index (χ4v) is 2.76. The van der Waals surface area contributed by atoms with Crippen molar-refractivity contribution >= 4 is 11.3 Å². The average molecular weight is 241 g/mol. The van der Waals surface area contributed by atoms with Crippen LogP contribution >= 0.6 is 11.3 Å². The third kappa shape index (κ3) is 3.01. The molecule has 3 N–H and O–H groups in total. The normalized spacial score (nSPS) is 27.2. The summed E-state index contributed by atoms with van der Waals surface area (Å²) >= 11 is 1.70. The first-order valence-electron chi connectivity index (χ1n) is 5.72. The maximum Gasteiger partial charge on any atom is 0.110 e. The Hall–Kier alpha value is -0.490. The lowest BCUT2D eigenvalue weighted by atomic mass is 10.2. The second-order valence-electron chi connectivity index (χ2n) is 4.45. The van der Waals surface area contributed by atoms with Crippen LogP contribution in [0.15, 0.2) is 5.38 Å². The van der Waals surface area contributed by atoms with E-state index in [-0.39, 0.29) is 6.10 Å². The fraction of sp³-hybridized carbons (Fsp3) is 0.727. The smallest absolute Gasteiger partial charge is 0.110 e. The summed E-state index contributed by atoms with van der Waals surface area (Å²) in [5.74, 6) is 0. The zero-order valence-electron chi connectivity index (χ0n) is 9.73. The number of aliphatic hydroxyl groups is 1. The summed E-state index contributed by atoms with van der Waals surface area (Å²) in [5, 5.41) is 19.3. The lowest BCUT2D eigenvalue weighted by Gasteiger charge is -2.15. The van der Waals surface area contributed by atoms with E-state index in [1.807, 2.05) is 6.92 Å². The molecular formula is C11H19N3OS. The van der Waals surface area contributed by atoms with Crippen LogP contribution in [0.5, 0.6) is 0 Å². The van der Waals surface area contributed by atoms with Gasteiger partial charge in [0.25, 0.3) is 0 Å². The minimum atomic E-state index is -0.177. The second kappa shape index (κ2) is 5.23. The summed E-state index contributed by atoms with van der Waals surface area (Å²) in [6.45, 7) is 5.75. The molecule has 0 aliphatic carbocycles. The van der Waals surface area contributed by atoms with E-state index in [0.29, 0.717) is 12.1 Å². The molecule has 0 bridgehead atoms. The number of nitrogens with one attached hydrogen (secondary N) is 2. The number of β-amino-alcohol motifs (C(OH)–C–C–N with tert-alkyl or cyclic N) is 1. The van der Waals surface area contributed by atoms with Crippen molar-refractivity contribution in [3.8, 4) is 0 Å². The highest BCUT2D eigenvalue weighted by Gasteiger charge is 2.22. The van der Waals surface area contributed by atoms with Crippen LogP contribution < -0.4 is 10.6 Å². The number of hydrogen-bond donors (Lipinski definition) is 3. The predicted octanol–water partition coefficient (Wildman–Crippen LogP) is 0.825. The van der Waals surface area contributed by atoms with E-state index in [1.54, 1.807) is 11.3 Å². The molecule has 1 aromatic heterocycles.